The van der Waals surface area contributed by atoms with Crippen molar-refractivity contribution in [3.63, 3.8) is 0 Å². The topological polar surface area (TPSA) is 91.7 Å². The lowest BCUT2D eigenvalue weighted by Crippen LogP contribution is -2.09. The first kappa shape index (κ1) is 15.2. The SMILES string of the molecule is Cn1c([N+](=O)[O-])cnc1CC(S)c1nncn1-c1ccccc1. The number of thiol groups is 1. The zero-order valence-corrected chi connectivity index (χ0v) is 13.2. The van der Waals surface area contributed by atoms with Crippen LogP contribution in [0.1, 0.15) is 16.9 Å². The molecule has 3 rings (SSSR count). The summed E-state index contributed by atoms with van der Waals surface area (Å²) >= 11 is 4.58. The molecular weight excluding hydrogens is 316 g/mol. The highest BCUT2D eigenvalue weighted by molar-refractivity contribution is 7.80. The summed E-state index contributed by atoms with van der Waals surface area (Å²) in [6, 6.07) is 9.67. The van der Waals surface area contributed by atoms with Crippen LogP contribution in [0.5, 0.6) is 0 Å². The second kappa shape index (κ2) is 6.21. The minimum atomic E-state index is -0.462. The second-order valence-electron chi connectivity index (χ2n) is 4.96. The Hall–Kier alpha value is -2.68. The molecule has 1 atom stereocenters. The van der Waals surface area contributed by atoms with Crippen molar-refractivity contribution in [2.24, 2.45) is 7.05 Å². The van der Waals surface area contributed by atoms with E-state index in [1.165, 1.54) is 10.8 Å². The number of imidazole rings is 1. The Bertz CT molecular complexity index is 829. The first-order valence-electron chi connectivity index (χ1n) is 6.86. The van der Waals surface area contributed by atoms with Gasteiger partial charge in [-0.2, -0.15) is 12.6 Å². The van der Waals surface area contributed by atoms with Gasteiger partial charge in [-0.15, -0.1) is 10.2 Å². The molecule has 0 bridgehead atoms. The second-order valence-corrected chi connectivity index (χ2v) is 5.59. The maximum Gasteiger partial charge on any atom is 0.342 e. The molecule has 0 spiro atoms. The van der Waals surface area contributed by atoms with Crippen LogP contribution in [0.2, 0.25) is 0 Å². The van der Waals surface area contributed by atoms with Gasteiger partial charge in [0, 0.05) is 12.1 Å². The summed E-state index contributed by atoms with van der Waals surface area (Å²) in [6.45, 7) is 0. The van der Waals surface area contributed by atoms with Crippen LogP contribution in [0, 0.1) is 10.1 Å². The van der Waals surface area contributed by atoms with Gasteiger partial charge in [0.2, 0.25) is 0 Å². The molecule has 0 radical (unpaired) electrons. The van der Waals surface area contributed by atoms with E-state index in [9.17, 15) is 10.1 Å². The van der Waals surface area contributed by atoms with Crippen molar-refractivity contribution in [2.75, 3.05) is 0 Å². The molecule has 0 N–H and O–H groups in total. The predicted octanol–water partition coefficient (Wildman–Crippen LogP) is 2.12. The maximum absolute atomic E-state index is 10.9. The summed E-state index contributed by atoms with van der Waals surface area (Å²) in [6.07, 6.45) is 3.27. The summed E-state index contributed by atoms with van der Waals surface area (Å²) in [5.41, 5.74) is 0.928. The number of aromatic nitrogens is 5. The van der Waals surface area contributed by atoms with Gasteiger partial charge in [-0.3, -0.25) is 4.57 Å². The van der Waals surface area contributed by atoms with Crippen LogP contribution >= 0.6 is 12.6 Å². The summed E-state index contributed by atoms with van der Waals surface area (Å²) in [5, 5.41) is 18.7. The van der Waals surface area contributed by atoms with Gasteiger partial charge in [0.15, 0.2) is 11.6 Å². The number of nitrogens with zero attached hydrogens (tertiary/aromatic N) is 6. The molecule has 0 aliphatic carbocycles. The molecule has 0 saturated carbocycles. The van der Waals surface area contributed by atoms with Gasteiger partial charge in [-0.25, -0.2) is 9.55 Å². The molecule has 0 fully saturated rings. The molecule has 1 aromatic carbocycles. The van der Waals surface area contributed by atoms with E-state index in [-0.39, 0.29) is 11.1 Å². The van der Waals surface area contributed by atoms with E-state index < -0.39 is 4.92 Å². The van der Waals surface area contributed by atoms with Gasteiger partial charge in [0.05, 0.1) is 12.3 Å². The Morgan fingerprint density at radius 3 is 2.74 bits per heavy atom. The third-order valence-electron chi connectivity index (χ3n) is 3.53. The highest BCUT2D eigenvalue weighted by Crippen LogP contribution is 2.25. The summed E-state index contributed by atoms with van der Waals surface area (Å²) in [7, 11) is 1.61. The third kappa shape index (κ3) is 2.95. The minimum Gasteiger partial charge on any atom is -0.358 e. The van der Waals surface area contributed by atoms with E-state index in [4.69, 9.17) is 0 Å². The van der Waals surface area contributed by atoms with Crippen LogP contribution in [0.4, 0.5) is 5.82 Å². The Morgan fingerprint density at radius 2 is 2.09 bits per heavy atom. The van der Waals surface area contributed by atoms with Gasteiger partial charge >= 0.3 is 5.82 Å². The lowest BCUT2D eigenvalue weighted by atomic mass is 10.2. The van der Waals surface area contributed by atoms with Gasteiger partial charge in [-0.1, -0.05) is 18.2 Å². The van der Waals surface area contributed by atoms with Crippen LogP contribution in [0.3, 0.4) is 0 Å². The molecule has 9 heteroatoms. The van der Waals surface area contributed by atoms with Crippen LogP contribution in [-0.4, -0.2) is 29.2 Å². The van der Waals surface area contributed by atoms with E-state index >= 15 is 0 Å². The van der Waals surface area contributed by atoms with E-state index in [2.05, 4.69) is 27.8 Å². The number of rotatable bonds is 5. The molecule has 23 heavy (non-hydrogen) atoms. The van der Waals surface area contributed by atoms with Gasteiger partial charge < -0.3 is 10.1 Å². The van der Waals surface area contributed by atoms with Gasteiger partial charge in [-0.05, 0) is 17.1 Å². The molecule has 2 aromatic heterocycles. The van der Waals surface area contributed by atoms with E-state index in [0.717, 1.165) is 5.69 Å². The van der Waals surface area contributed by atoms with E-state index in [1.807, 2.05) is 34.9 Å². The van der Waals surface area contributed by atoms with Gasteiger partial charge in [0.1, 0.15) is 12.5 Å². The average molecular weight is 330 g/mol. The largest absolute Gasteiger partial charge is 0.358 e. The van der Waals surface area contributed by atoms with Crippen LogP contribution in [0.15, 0.2) is 42.9 Å². The number of benzene rings is 1. The van der Waals surface area contributed by atoms with E-state index in [1.54, 1.807) is 13.4 Å². The Morgan fingerprint density at radius 1 is 1.35 bits per heavy atom. The van der Waals surface area contributed by atoms with Crippen molar-refractivity contribution < 1.29 is 4.92 Å². The lowest BCUT2D eigenvalue weighted by Gasteiger charge is -2.11. The van der Waals surface area contributed by atoms with Crippen LogP contribution in [0.25, 0.3) is 5.69 Å². The summed E-state index contributed by atoms with van der Waals surface area (Å²) < 4.78 is 3.29. The molecule has 118 valence electrons. The van der Waals surface area contributed by atoms with Gasteiger partial charge in [0.25, 0.3) is 0 Å². The summed E-state index contributed by atoms with van der Waals surface area (Å²) in [4.78, 5) is 14.5. The Kier molecular flexibility index (Phi) is 4.11. The van der Waals surface area contributed by atoms with Crippen LogP contribution in [-0.2, 0) is 13.5 Å². The highest BCUT2D eigenvalue weighted by Gasteiger charge is 2.22. The van der Waals surface area contributed by atoms with Crippen molar-refractivity contribution >= 4 is 18.4 Å². The number of hydrogen-bond donors (Lipinski definition) is 1. The molecule has 2 heterocycles. The first-order valence-corrected chi connectivity index (χ1v) is 7.38. The summed E-state index contributed by atoms with van der Waals surface area (Å²) in [5.74, 6) is 1.18. The molecule has 0 aliphatic heterocycles. The lowest BCUT2D eigenvalue weighted by molar-refractivity contribution is -0.391. The predicted molar refractivity (Wildman–Crippen MR) is 86.7 cm³/mol. The Labute approximate surface area is 137 Å². The smallest absolute Gasteiger partial charge is 0.342 e. The minimum absolute atomic E-state index is 0.0509. The van der Waals surface area contributed by atoms with Crippen molar-refractivity contribution in [3.05, 3.63) is 64.6 Å². The van der Waals surface area contributed by atoms with Crippen molar-refractivity contribution in [3.8, 4) is 5.69 Å². The first-order chi connectivity index (χ1) is 11.1. The maximum atomic E-state index is 10.9. The molecule has 8 nitrogen and oxygen atoms in total. The molecule has 0 saturated heterocycles. The third-order valence-corrected chi connectivity index (χ3v) is 3.94. The normalized spacial score (nSPS) is 12.3. The Balaban J connectivity index is 1.87. The molecule has 1 unspecified atom stereocenters. The highest BCUT2D eigenvalue weighted by atomic mass is 32.1. The number of para-hydroxylation sites is 1. The molecule has 0 amide bonds. The molecule has 3 aromatic rings. The molecular formula is C14H14N6O2S. The fraction of sp³-hybridized carbons (Fsp3) is 0.214. The van der Waals surface area contributed by atoms with Crippen molar-refractivity contribution in [1.29, 1.82) is 0 Å². The van der Waals surface area contributed by atoms with Crippen LogP contribution < -0.4 is 0 Å². The van der Waals surface area contributed by atoms with Crippen molar-refractivity contribution in [1.82, 2.24) is 24.3 Å². The number of hydrogen-bond acceptors (Lipinski definition) is 6. The van der Waals surface area contributed by atoms with E-state index in [0.29, 0.717) is 18.1 Å². The fourth-order valence-corrected chi connectivity index (χ4v) is 2.66. The van der Waals surface area contributed by atoms with Crippen molar-refractivity contribution in [2.45, 2.75) is 11.7 Å². The zero-order chi connectivity index (χ0) is 16.4. The zero-order valence-electron chi connectivity index (χ0n) is 12.3. The fourth-order valence-electron chi connectivity index (χ4n) is 2.32. The number of nitro groups is 1. The molecule has 0 aliphatic rings. The quantitative estimate of drug-likeness (QED) is 0.439. The monoisotopic (exact) mass is 330 g/mol. The average Bonchev–Trinajstić information content (AvgIpc) is 3.16. The standard InChI is InChI=1S/C14H14N6O2S/c1-18-12(15-8-13(18)20(21)22)7-11(23)14-17-16-9-19(14)10-5-3-2-4-6-10/h2-6,8-9,11,23H,7H2,1H3.